The van der Waals surface area contributed by atoms with Gasteiger partial charge in [0.1, 0.15) is 5.82 Å². The molecule has 1 aliphatic rings. The lowest BCUT2D eigenvalue weighted by Crippen LogP contribution is -2.30. The Labute approximate surface area is 124 Å². The highest BCUT2D eigenvalue weighted by atomic mass is 19.1. The van der Waals surface area contributed by atoms with E-state index >= 15 is 0 Å². The number of rotatable bonds is 5. The minimum Gasteiger partial charge on any atom is -0.359 e. The third kappa shape index (κ3) is 4.03. The molecular formula is C16H21FN2O2. The van der Waals surface area contributed by atoms with Crippen LogP contribution < -0.4 is 5.32 Å². The van der Waals surface area contributed by atoms with Crippen molar-refractivity contribution in [1.29, 1.82) is 0 Å². The van der Waals surface area contributed by atoms with Gasteiger partial charge >= 0.3 is 0 Å². The summed E-state index contributed by atoms with van der Waals surface area (Å²) in [5, 5.41) is 2.55. The molecule has 1 heterocycles. The summed E-state index contributed by atoms with van der Waals surface area (Å²) in [5.41, 5.74) is 0.980. The highest BCUT2D eigenvalue weighted by Crippen LogP contribution is 2.32. The standard InChI is InChI=1S/C16H21FN2O2/c1-18-15(20)5-2-6-16(21)19-11-3-4-14(19)12-7-9-13(17)10-8-12/h7-10,14H,2-6,11H2,1H3,(H,18,20). The molecule has 2 amide bonds. The Balaban J connectivity index is 1.93. The predicted molar refractivity (Wildman–Crippen MR) is 78.0 cm³/mol. The quantitative estimate of drug-likeness (QED) is 0.906. The second-order valence-electron chi connectivity index (χ2n) is 5.32. The molecule has 0 bridgehead atoms. The molecular weight excluding hydrogens is 271 g/mol. The molecule has 0 radical (unpaired) electrons. The van der Waals surface area contributed by atoms with E-state index in [9.17, 15) is 14.0 Å². The molecule has 114 valence electrons. The van der Waals surface area contributed by atoms with Gasteiger partial charge in [-0.15, -0.1) is 0 Å². The number of amides is 2. The van der Waals surface area contributed by atoms with Crippen LogP contribution >= 0.6 is 0 Å². The van der Waals surface area contributed by atoms with E-state index < -0.39 is 0 Å². The Morgan fingerprint density at radius 1 is 1.29 bits per heavy atom. The summed E-state index contributed by atoms with van der Waals surface area (Å²) >= 11 is 0. The molecule has 21 heavy (non-hydrogen) atoms. The number of nitrogens with zero attached hydrogens (tertiary/aromatic N) is 1. The summed E-state index contributed by atoms with van der Waals surface area (Å²) in [6.07, 6.45) is 3.18. The smallest absolute Gasteiger partial charge is 0.223 e. The van der Waals surface area contributed by atoms with Gasteiger partial charge in [-0.2, -0.15) is 0 Å². The maximum Gasteiger partial charge on any atom is 0.223 e. The normalized spacial score (nSPS) is 17.8. The molecule has 1 aromatic rings. The first-order valence-electron chi connectivity index (χ1n) is 7.37. The molecule has 1 aromatic carbocycles. The monoisotopic (exact) mass is 292 g/mol. The van der Waals surface area contributed by atoms with E-state index in [1.54, 1.807) is 19.2 Å². The third-order valence-electron chi connectivity index (χ3n) is 3.90. The molecule has 1 N–H and O–H groups in total. The number of carbonyl (C=O) groups excluding carboxylic acids is 2. The van der Waals surface area contributed by atoms with Crippen molar-refractivity contribution in [3.8, 4) is 0 Å². The fraction of sp³-hybridized carbons (Fsp3) is 0.500. The van der Waals surface area contributed by atoms with Crippen molar-refractivity contribution in [3.05, 3.63) is 35.6 Å². The van der Waals surface area contributed by atoms with Crippen LogP contribution in [-0.4, -0.2) is 30.3 Å². The number of likely N-dealkylation sites (tertiary alicyclic amines) is 1. The molecule has 1 fully saturated rings. The Kier molecular flexibility index (Phi) is 5.31. The van der Waals surface area contributed by atoms with Crippen LogP contribution in [0.5, 0.6) is 0 Å². The fourth-order valence-electron chi connectivity index (χ4n) is 2.77. The van der Waals surface area contributed by atoms with Gasteiger partial charge in [0, 0.05) is 26.4 Å². The maximum absolute atomic E-state index is 13.0. The van der Waals surface area contributed by atoms with E-state index in [2.05, 4.69) is 5.32 Å². The van der Waals surface area contributed by atoms with Crippen molar-refractivity contribution in [2.45, 2.75) is 38.1 Å². The first-order valence-corrected chi connectivity index (χ1v) is 7.37. The van der Waals surface area contributed by atoms with E-state index in [4.69, 9.17) is 0 Å². The fourth-order valence-corrected chi connectivity index (χ4v) is 2.77. The highest BCUT2D eigenvalue weighted by molar-refractivity contribution is 5.79. The molecule has 4 nitrogen and oxygen atoms in total. The van der Waals surface area contributed by atoms with Crippen LogP contribution in [0.2, 0.25) is 0 Å². The van der Waals surface area contributed by atoms with Crippen LogP contribution in [0.1, 0.15) is 43.7 Å². The molecule has 0 saturated carbocycles. The largest absolute Gasteiger partial charge is 0.359 e. The van der Waals surface area contributed by atoms with Gasteiger partial charge < -0.3 is 10.2 Å². The first kappa shape index (κ1) is 15.5. The lowest BCUT2D eigenvalue weighted by atomic mass is 10.0. The van der Waals surface area contributed by atoms with Crippen molar-refractivity contribution in [2.75, 3.05) is 13.6 Å². The predicted octanol–water partition coefficient (Wildman–Crippen LogP) is 2.41. The number of hydrogen-bond donors (Lipinski definition) is 1. The van der Waals surface area contributed by atoms with E-state index in [1.807, 2.05) is 4.90 Å². The van der Waals surface area contributed by atoms with Gasteiger partial charge in [-0.25, -0.2) is 4.39 Å². The number of benzene rings is 1. The zero-order chi connectivity index (χ0) is 15.2. The average Bonchev–Trinajstić information content (AvgIpc) is 2.97. The summed E-state index contributed by atoms with van der Waals surface area (Å²) < 4.78 is 13.0. The Bertz CT molecular complexity index is 502. The van der Waals surface area contributed by atoms with Crippen LogP contribution in [0.4, 0.5) is 4.39 Å². The number of halogens is 1. The summed E-state index contributed by atoms with van der Waals surface area (Å²) in [7, 11) is 1.59. The Morgan fingerprint density at radius 3 is 2.67 bits per heavy atom. The molecule has 0 aliphatic carbocycles. The minimum absolute atomic E-state index is 0.0399. The lowest BCUT2D eigenvalue weighted by Gasteiger charge is -2.25. The summed E-state index contributed by atoms with van der Waals surface area (Å²) in [4.78, 5) is 25.3. The molecule has 0 aromatic heterocycles. The van der Waals surface area contributed by atoms with Crippen LogP contribution in [0.25, 0.3) is 0 Å². The van der Waals surface area contributed by atoms with Gasteiger partial charge in [-0.1, -0.05) is 12.1 Å². The van der Waals surface area contributed by atoms with Gasteiger partial charge in [0.2, 0.25) is 11.8 Å². The van der Waals surface area contributed by atoms with Gasteiger partial charge in [-0.3, -0.25) is 9.59 Å². The summed E-state index contributed by atoms with van der Waals surface area (Å²) in [6, 6.07) is 6.40. The molecule has 1 atom stereocenters. The SMILES string of the molecule is CNC(=O)CCCC(=O)N1CCCC1c1ccc(F)cc1. The lowest BCUT2D eigenvalue weighted by molar-refractivity contribution is -0.132. The minimum atomic E-state index is -0.264. The number of nitrogens with one attached hydrogen (secondary N) is 1. The van der Waals surface area contributed by atoms with E-state index in [-0.39, 0.29) is 23.7 Å². The molecule has 1 aliphatic heterocycles. The van der Waals surface area contributed by atoms with E-state index in [1.165, 1.54) is 12.1 Å². The first-order chi connectivity index (χ1) is 10.1. The van der Waals surface area contributed by atoms with E-state index in [0.29, 0.717) is 19.3 Å². The highest BCUT2D eigenvalue weighted by Gasteiger charge is 2.29. The topological polar surface area (TPSA) is 49.4 Å². The Morgan fingerprint density at radius 2 is 2.00 bits per heavy atom. The van der Waals surface area contributed by atoms with Crippen molar-refractivity contribution < 1.29 is 14.0 Å². The average molecular weight is 292 g/mol. The molecule has 0 spiro atoms. The third-order valence-corrected chi connectivity index (χ3v) is 3.90. The Hall–Kier alpha value is -1.91. The molecule has 5 heteroatoms. The van der Waals surface area contributed by atoms with Crippen molar-refractivity contribution in [1.82, 2.24) is 10.2 Å². The number of hydrogen-bond acceptors (Lipinski definition) is 2. The van der Waals surface area contributed by atoms with Crippen LogP contribution in [0, 0.1) is 5.82 Å². The number of carbonyl (C=O) groups is 2. The van der Waals surface area contributed by atoms with E-state index in [0.717, 1.165) is 24.9 Å². The van der Waals surface area contributed by atoms with Gasteiger partial charge in [-0.05, 0) is 37.0 Å². The molecule has 1 unspecified atom stereocenters. The molecule has 1 saturated heterocycles. The second kappa shape index (κ2) is 7.20. The van der Waals surface area contributed by atoms with Gasteiger partial charge in [0.15, 0.2) is 0 Å². The van der Waals surface area contributed by atoms with Gasteiger partial charge in [0.05, 0.1) is 6.04 Å². The van der Waals surface area contributed by atoms with Crippen LogP contribution in [0.3, 0.4) is 0 Å². The zero-order valence-corrected chi connectivity index (χ0v) is 12.3. The maximum atomic E-state index is 13.0. The van der Waals surface area contributed by atoms with Crippen LogP contribution in [-0.2, 0) is 9.59 Å². The van der Waals surface area contributed by atoms with Crippen molar-refractivity contribution in [3.63, 3.8) is 0 Å². The summed E-state index contributed by atoms with van der Waals surface area (Å²) in [6.45, 7) is 0.737. The summed E-state index contributed by atoms with van der Waals surface area (Å²) in [5.74, 6) is -0.231. The zero-order valence-electron chi connectivity index (χ0n) is 12.3. The molecule has 2 rings (SSSR count). The van der Waals surface area contributed by atoms with Crippen molar-refractivity contribution >= 4 is 11.8 Å². The van der Waals surface area contributed by atoms with Gasteiger partial charge in [0.25, 0.3) is 0 Å². The van der Waals surface area contributed by atoms with Crippen molar-refractivity contribution in [2.24, 2.45) is 0 Å². The second-order valence-corrected chi connectivity index (χ2v) is 5.32. The van der Waals surface area contributed by atoms with Crippen LogP contribution in [0.15, 0.2) is 24.3 Å².